The Morgan fingerprint density at radius 2 is 1.83 bits per heavy atom. The maximum absolute atomic E-state index is 11.9. The van der Waals surface area contributed by atoms with Gasteiger partial charge in [0, 0.05) is 12.1 Å². The van der Waals surface area contributed by atoms with Crippen LogP contribution in [0.15, 0.2) is 60.7 Å². The van der Waals surface area contributed by atoms with Crippen LogP contribution in [-0.4, -0.2) is 19.1 Å². The lowest BCUT2D eigenvalue weighted by molar-refractivity contribution is -0.117. The predicted octanol–water partition coefficient (Wildman–Crippen LogP) is 3.85. The summed E-state index contributed by atoms with van der Waals surface area (Å²) in [6.07, 6.45) is 5.26. The van der Waals surface area contributed by atoms with Gasteiger partial charge < -0.3 is 10.1 Å². The molecule has 0 saturated heterocycles. The third-order valence-electron chi connectivity index (χ3n) is 3.64. The third-order valence-corrected chi connectivity index (χ3v) is 3.64. The van der Waals surface area contributed by atoms with Crippen molar-refractivity contribution in [1.82, 2.24) is 5.32 Å². The van der Waals surface area contributed by atoms with E-state index in [4.69, 9.17) is 4.74 Å². The second kappa shape index (κ2) is 8.79. The topological polar surface area (TPSA) is 38.3 Å². The molecular weight excluding hydrogens is 286 g/mol. The Morgan fingerprint density at radius 3 is 2.48 bits per heavy atom. The number of amides is 1. The Morgan fingerprint density at radius 1 is 1.13 bits per heavy atom. The molecule has 120 valence electrons. The molecule has 0 radical (unpaired) electrons. The van der Waals surface area contributed by atoms with Gasteiger partial charge in [-0.25, -0.2) is 0 Å². The van der Waals surface area contributed by atoms with Crippen LogP contribution >= 0.6 is 0 Å². The first-order valence-electron chi connectivity index (χ1n) is 7.84. The lowest BCUT2D eigenvalue weighted by Gasteiger charge is -2.12. The summed E-state index contributed by atoms with van der Waals surface area (Å²) in [5, 5.41) is 2.99. The zero-order valence-electron chi connectivity index (χ0n) is 13.7. The minimum atomic E-state index is -0.0682. The summed E-state index contributed by atoms with van der Waals surface area (Å²) in [6.45, 7) is 2.03. The van der Waals surface area contributed by atoms with Gasteiger partial charge in [0.05, 0.1) is 7.11 Å². The zero-order valence-corrected chi connectivity index (χ0v) is 13.7. The molecule has 0 spiro atoms. The highest BCUT2D eigenvalue weighted by Crippen LogP contribution is 2.12. The van der Waals surface area contributed by atoms with E-state index in [-0.39, 0.29) is 11.9 Å². The molecule has 0 aromatic heterocycles. The fourth-order valence-corrected chi connectivity index (χ4v) is 2.28. The van der Waals surface area contributed by atoms with E-state index in [2.05, 4.69) is 17.4 Å². The second-order valence-corrected chi connectivity index (χ2v) is 5.54. The molecule has 0 bridgehead atoms. The first-order chi connectivity index (χ1) is 11.2. The molecule has 0 unspecified atom stereocenters. The van der Waals surface area contributed by atoms with E-state index >= 15 is 0 Å². The number of hydrogen-bond donors (Lipinski definition) is 1. The highest BCUT2D eigenvalue weighted by Gasteiger charge is 2.05. The van der Waals surface area contributed by atoms with Gasteiger partial charge in [-0.05, 0) is 49.1 Å². The third kappa shape index (κ3) is 5.99. The molecule has 0 heterocycles. The van der Waals surface area contributed by atoms with Gasteiger partial charge in [-0.15, -0.1) is 0 Å². The maximum atomic E-state index is 11.9. The molecule has 1 N–H and O–H groups in total. The first-order valence-corrected chi connectivity index (χ1v) is 7.84. The molecule has 1 atom stereocenters. The Kier molecular flexibility index (Phi) is 6.42. The molecule has 0 saturated carbocycles. The van der Waals surface area contributed by atoms with Gasteiger partial charge in [-0.3, -0.25) is 4.79 Å². The van der Waals surface area contributed by atoms with Crippen molar-refractivity contribution in [2.75, 3.05) is 7.11 Å². The smallest absolute Gasteiger partial charge is 0.244 e. The minimum absolute atomic E-state index is 0.0682. The largest absolute Gasteiger partial charge is 0.497 e. The molecule has 0 fully saturated rings. The standard InChI is InChI=1S/C20H23NO2/c1-16(8-9-17-6-4-3-5-7-17)21-20(22)15-12-18-10-13-19(23-2)14-11-18/h3-7,10-16H,8-9H2,1-2H3,(H,21,22)/b15-12+/t16-/m1/s1. The fourth-order valence-electron chi connectivity index (χ4n) is 2.28. The van der Waals surface area contributed by atoms with E-state index in [1.807, 2.05) is 49.4 Å². The molecule has 2 aromatic carbocycles. The van der Waals surface area contributed by atoms with Crippen LogP contribution in [0.3, 0.4) is 0 Å². The van der Waals surface area contributed by atoms with Crippen LogP contribution in [0.1, 0.15) is 24.5 Å². The monoisotopic (exact) mass is 309 g/mol. The van der Waals surface area contributed by atoms with Crippen molar-refractivity contribution in [3.63, 3.8) is 0 Å². The van der Waals surface area contributed by atoms with E-state index in [0.717, 1.165) is 24.2 Å². The quantitative estimate of drug-likeness (QED) is 0.789. The van der Waals surface area contributed by atoms with Crippen molar-refractivity contribution < 1.29 is 9.53 Å². The number of nitrogens with one attached hydrogen (secondary N) is 1. The summed E-state index contributed by atoms with van der Waals surface area (Å²) >= 11 is 0. The van der Waals surface area contributed by atoms with Crippen LogP contribution in [0.5, 0.6) is 5.75 Å². The number of benzene rings is 2. The summed E-state index contributed by atoms with van der Waals surface area (Å²) in [4.78, 5) is 11.9. The molecule has 3 nitrogen and oxygen atoms in total. The number of hydrogen-bond acceptors (Lipinski definition) is 2. The summed E-state index contributed by atoms with van der Waals surface area (Å²) < 4.78 is 5.11. The second-order valence-electron chi connectivity index (χ2n) is 5.54. The van der Waals surface area contributed by atoms with Gasteiger partial charge in [0.15, 0.2) is 0 Å². The van der Waals surface area contributed by atoms with Crippen LogP contribution in [0.25, 0.3) is 6.08 Å². The zero-order chi connectivity index (χ0) is 16.5. The Bertz CT molecular complexity index is 632. The van der Waals surface area contributed by atoms with E-state index in [0.29, 0.717) is 0 Å². The van der Waals surface area contributed by atoms with E-state index < -0.39 is 0 Å². The Balaban J connectivity index is 1.77. The Hall–Kier alpha value is -2.55. The molecule has 2 aromatic rings. The van der Waals surface area contributed by atoms with Crippen molar-refractivity contribution >= 4 is 12.0 Å². The van der Waals surface area contributed by atoms with Crippen molar-refractivity contribution in [3.05, 3.63) is 71.8 Å². The summed E-state index contributed by atoms with van der Waals surface area (Å²) in [6, 6.07) is 18.0. The van der Waals surface area contributed by atoms with Crippen LogP contribution in [-0.2, 0) is 11.2 Å². The molecule has 0 aliphatic rings. The summed E-state index contributed by atoms with van der Waals surface area (Å²) in [5.41, 5.74) is 2.26. The molecule has 2 rings (SSSR count). The van der Waals surface area contributed by atoms with Crippen LogP contribution in [0, 0.1) is 0 Å². The van der Waals surface area contributed by atoms with Gasteiger partial charge in [-0.2, -0.15) is 0 Å². The van der Waals surface area contributed by atoms with Crippen LogP contribution in [0.4, 0.5) is 0 Å². The van der Waals surface area contributed by atoms with Crippen LogP contribution in [0.2, 0.25) is 0 Å². The van der Waals surface area contributed by atoms with Crippen molar-refractivity contribution in [2.24, 2.45) is 0 Å². The molecular formula is C20H23NO2. The normalized spacial score (nSPS) is 12.1. The van der Waals surface area contributed by atoms with Gasteiger partial charge in [0.2, 0.25) is 5.91 Å². The number of ether oxygens (including phenoxy) is 1. The molecule has 1 amide bonds. The molecule has 23 heavy (non-hydrogen) atoms. The average molecular weight is 309 g/mol. The number of carbonyl (C=O) groups is 1. The van der Waals surface area contributed by atoms with E-state index in [9.17, 15) is 4.79 Å². The predicted molar refractivity (Wildman–Crippen MR) is 94.4 cm³/mol. The lowest BCUT2D eigenvalue weighted by atomic mass is 10.1. The van der Waals surface area contributed by atoms with Gasteiger partial charge in [0.25, 0.3) is 0 Å². The number of methoxy groups -OCH3 is 1. The number of carbonyl (C=O) groups excluding carboxylic acids is 1. The van der Waals surface area contributed by atoms with Crippen molar-refractivity contribution in [1.29, 1.82) is 0 Å². The summed E-state index contributed by atoms with van der Waals surface area (Å²) in [7, 11) is 1.63. The number of rotatable bonds is 7. The highest BCUT2D eigenvalue weighted by molar-refractivity contribution is 5.91. The maximum Gasteiger partial charge on any atom is 0.244 e. The molecule has 0 aliphatic heterocycles. The van der Waals surface area contributed by atoms with Gasteiger partial charge >= 0.3 is 0 Å². The minimum Gasteiger partial charge on any atom is -0.497 e. The average Bonchev–Trinajstić information content (AvgIpc) is 2.59. The van der Waals surface area contributed by atoms with Gasteiger partial charge in [-0.1, -0.05) is 42.5 Å². The fraction of sp³-hybridized carbons (Fsp3) is 0.250. The van der Waals surface area contributed by atoms with E-state index in [1.54, 1.807) is 19.3 Å². The van der Waals surface area contributed by atoms with Crippen molar-refractivity contribution in [3.8, 4) is 5.75 Å². The highest BCUT2D eigenvalue weighted by atomic mass is 16.5. The first kappa shape index (κ1) is 16.8. The SMILES string of the molecule is COc1ccc(/C=C/C(=O)N[C@H](C)CCc2ccccc2)cc1. The van der Waals surface area contributed by atoms with Crippen molar-refractivity contribution in [2.45, 2.75) is 25.8 Å². The van der Waals surface area contributed by atoms with Crippen LogP contribution < -0.4 is 10.1 Å². The van der Waals surface area contributed by atoms with Gasteiger partial charge in [0.1, 0.15) is 5.75 Å². The lowest BCUT2D eigenvalue weighted by Crippen LogP contribution is -2.31. The molecule has 0 aliphatic carbocycles. The number of aryl methyl sites for hydroxylation is 1. The molecule has 3 heteroatoms. The van der Waals surface area contributed by atoms with E-state index in [1.165, 1.54) is 5.56 Å². The Labute approximate surface area is 138 Å². The summed E-state index contributed by atoms with van der Waals surface area (Å²) in [5.74, 6) is 0.738.